The van der Waals surface area contributed by atoms with E-state index in [1.54, 1.807) is 0 Å². The summed E-state index contributed by atoms with van der Waals surface area (Å²) in [6.45, 7) is 4.30. The van der Waals surface area contributed by atoms with Crippen LogP contribution in [0.4, 0.5) is 0 Å². The fourth-order valence-electron chi connectivity index (χ4n) is 3.41. The maximum atomic E-state index is 12.5. The van der Waals surface area contributed by atoms with Crippen LogP contribution in [0.5, 0.6) is 5.75 Å². The Morgan fingerprint density at radius 2 is 1.68 bits per heavy atom. The van der Waals surface area contributed by atoms with E-state index in [9.17, 15) is 4.79 Å². The Morgan fingerprint density at radius 1 is 1.00 bits per heavy atom. The van der Waals surface area contributed by atoms with Crippen molar-refractivity contribution in [2.75, 3.05) is 44.3 Å². The summed E-state index contributed by atoms with van der Waals surface area (Å²) >= 11 is 3.99. The third-order valence-electron chi connectivity index (χ3n) is 5.02. The van der Waals surface area contributed by atoms with Gasteiger partial charge in [0.25, 0.3) is 5.91 Å². The van der Waals surface area contributed by atoms with Gasteiger partial charge in [-0.15, -0.1) is 23.5 Å². The Kier molecular flexibility index (Phi) is 6.77. The largest absolute Gasteiger partial charge is 0.484 e. The Labute approximate surface area is 174 Å². The maximum absolute atomic E-state index is 12.5. The van der Waals surface area contributed by atoms with Crippen LogP contribution in [-0.2, 0) is 11.3 Å². The van der Waals surface area contributed by atoms with Crippen LogP contribution in [0.2, 0.25) is 0 Å². The third kappa shape index (κ3) is 5.21. The SMILES string of the molecule is O=C(COc1ccc(C2SCCS2)cc1)N1CCN(Cc2ccncc2)CC1. The number of ether oxygens (including phenoxy) is 1. The van der Waals surface area contributed by atoms with Gasteiger partial charge in [-0.25, -0.2) is 0 Å². The molecule has 0 N–H and O–H groups in total. The van der Waals surface area contributed by atoms with Crippen molar-refractivity contribution in [1.82, 2.24) is 14.8 Å². The summed E-state index contributed by atoms with van der Waals surface area (Å²) in [6, 6.07) is 12.3. The number of amides is 1. The molecule has 2 aromatic rings. The molecule has 1 aromatic carbocycles. The van der Waals surface area contributed by atoms with Crippen molar-refractivity contribution in [3.63, 3.8) is 0 Å². The highest BCUT2D eigenvalue weighted by Gasteiger charge is 2.22. The van der Waals surface area contributed by atoms with E-state index in [0.717, 1.165) is 38.5 Å². The lowest BCUT2D eigenvalue weighted by Crippen LogP contribution is -2.49. The molecule has 0 spiro atoms. The number of carbonyl (C=O) groups excluding carboxylic acids is 1. The van der Waals surface area contributed by atoms with Gasteiger partial charge in [0, 0.05) is 56.6 Å². The average molecular weight is 416 g/mol. The van der Waals surface area contributed by atoms with Gasteiger partial charge in [0.15, 0.2) is 6.61 Å². The number of benzene rings is 1. The maximum Gasteiger partial charge on any atom is 0.260 e. The quantitative estimate of drug-likeness (QED) is 0.722. The monoisotopic (exact) mass is 415 g/mol. The summed E-state index contributed by atoms with van der Waals surface area (Å²) in [5.74, 6) is 3.27. The minimum absolute atomic E-state index is 0.0644. The molecule has 3 heterocycles. The predicted molar refractivity (Wildman–Crippen MR) is 116 cm³/mol. The number of pyridine rings is 1. The van der Waals surface area contributed by atoms with Gasteiger partial charge in [-0.1, -0.05) is 12.1 Å². The first kappa shape index (κ1) is 19.6. The summed E-state index contributed by atoms with van der Waals surface area (Å²) in [5, 5.41) is 0. The highest BCUT2D eigenvalue weighted by molar-refractivity contribution is 8.19. The molecule has 2 saturated heterocycles. The first-order valence-electron chi connectivity index (χ1n) is 9.63. The van der Waals surface area contributed by atoms with Gasteiger partial charge < -0.3 is 9.64 Å². The topological polar surface area (TPSA) is 45.7 Å². The molecule has 2 aliphatic rings. The lowest BCUT2D eigenvalue weighted by atomic mass is 10.2. The molecule has 0 saturated carbocycles. The molecular weight excluding hydrogens is 390 g/mol. The summed E-state index contributed by atoms with van der Waals surface area (Å²) in [5.41, 5.74) is 2.59. The molecule has 28 heavy (non-hydrogen) atoms. The highest BCUT2D eigenvalue weighted by atomic mass is 32.2. The molecule has 0 atom stereocenters. The van der Waals surface area contributed by atoms with Crippen molar-refractivity contribution >= 4 is 29.4 Å². The fourth-order valence-corrected chi connectivity index (χ4v) is 6.27. The second-order valence-corrected chi connectivity index (χ2v) is 9.67. The molecule has 148 valence electrons. The van der Waals surface area contributed by atoms with Crippen LogP contribution < -0.4 is 4.74 Å². The van der Waals surface area contributed by atoms with E-state index in [0.29, 0.717) is 4.58 Å². The summed E-state index contributed by atoms with van der Waals surface area (Å²) in [4.78, 5) is 20.8. The van der Waals surface area contributed by atoms with Gasteiger partial charge in [0.05, 0.1) is 4.58 Å². The van der Waals surface area contributed by atoms with Crippen LogP contribution in [0.15, 0.2) is 48.8 Å². The Morgan fingerprint density at radius 3 is 2.36 bits per heavy atom. The van der Waals surface area contributed by atoms with Crippen LogP contribution >= 0.6 is 23.5 Å². The second-order valence-electron chi connectivity index (χ2n) is 6.94. The van der Waals surface area contributed by atoms with Crippen LogP contribution in [0, 0.1) is 0 Å². The van der Waals surface area contributed by atoms with Gasteiger partial charge in [-0.3, -0.25) is 14.7 Å². The summed E-state index contributed by atoms with van der Waals surface area (Å²) < 4.78 is 6.28. The van der Waals surface area contributed by atoms with Crippen LogP contribution in [0.25, 0.3) is 0 Å². The number of hydrogen-bond acceptors (Lipinski definition) is 6. The van der Waals surface area contributed by atoms with Gasteiger partial charge in [-0.05, 0) is 35.4 Å². The van der Waals surface area contributed by atoms with E-state index < -0.39 is 0 Å². The lowest BCUT2D eigenvalue weighted by Gasteiger charge is -2.34. The molecule has 0 unspecified atom stereocenters. The minimum atomic E-state index is 0.0644. The van der Waals surface area contributed by atoms with Crippen molar-refractivity contribution in [3.8, 4) is 5.75 Å². The summed E-state index contributed by atoms with van der Waals surface area (Å²) in [7, 11) is 0. The van der Waals surface area contributed by atoms with Crippen molar-refractivity contribution in [1.29, 1.82) is 0 Å². The molecule has 5 nitrogen and oxygen atoms in total. The van der Waals surface area contributed by atoms with Gasteiger partial charge in [-0.2, -0.15) is 0 Å². The number of thioether (sulfide) groups is 2. The molecule has 1 aromatic heterocycles. The Bertz CT molecular complexity index is 759. The van der Waals surface area contributed by atoms with Crippen molar-refractivity contribution in [2.45, 2.75) is 11.1 Å². The third-order valence-corrected chi connectivity index (χ3v) is 8.12. The second kappa shape index (κ2) is 9.67. The molecule has 7 heteroatoms. The van der Waals surface area contributed by atoms with Crippen molar-refractivity contribution < 1.29 is 9.53 Å². The zero-order valence-electron chi connectivity index (χ0n) is 15.8. The van der Waals surface area contributed by atoms with Gasteiger partial charge >= 0.3 is 0 Å². The molecule has 2 fully saturated rings. The molecule has 1 amide bonds. The average Bonchev–Trinajstić information content (AvgIpc) is 3.29. The van der Waals surface area contributed by atoms with Crippen LogP contribution in [0.3, 0.4) is 0 Å². The van der Waals surface area contributed by atoms with Crippen LogP contribution in [-0.4, -0.2) is 65.0 Å². The van der Waals surface area contributed by atoms with Crippen molar-refractivity contribution in [3.05, 3.63) is 59.9 Å². The van der Waals surface area contributed by atoms with Crippen molar-refractivity contribution in [2.24, 2.45) is 0 Å². The smallest absolute Gasteiger partial charge is 0.260 e. The zero-order chi connectivity index (χ0) is 19.2. The molecule has 2 aliphatic heterocycles. The number of rotatable bonds is 6. The van der Waals surface area contributed by atoms with E-state index in [1.807, 2.05) is 65.1 Å². The number of carbonyl (C=O) groups is 1. The number of nitrogens with zero attached hydrogens (tertiary/aromatic N) is 3. The molecule has 0 bridgehead atoms. The molecular formula is C21H25N3O2S2. The normalized spacial score (nSPS) is 18.4. The Hall–Kier alpha value is -1.70. The number of piperazine rings is 1. The van der Waals surface area contributed by atoms with E-state index in [2.05, 4.69) is 22.0 Å². The Balaban J connectivity index is 1.20. The van der Waals surface area contributed by atoms with E-state index in [-0.39, 0.29) is 12.5 Å². The highest BCUT2D eigenvalue weighted by Crippen LogP contribution is 2.45. The number of aromatic nitrogens is 1. The minimum Gasteiger partial charge on any atom is -0.484 e. The summed E-state index contributed by atoms with van der Waals surface area (Å²) in [6.07, 6.45) is 3.65. The standard InChI is InChI=1S/C21H25N3O2S2/c25-20(16-26-19-3-1-18(2-4-19)21-27-13-14-28-21)24-11-9-23(10-12-24)15-17-5-7-22-8-6-17/h1-8,21H,9-16H2. The predicted octanol–water partition coefficient (Wildman–Crippen LogP) is 3.28. The van der Waals surface area contributed by atoms with E-state index in [4.69, 9.17) is 4.74 Å². The number of hydrogen-bond donors (Lipinski definition) is 0. The molecule has 4 rings (SSSR count). The first-order chi connectivity index (χ1) is 13.8. The zero-order valence-corrected chi connectivity index (χ0v) is 17.5. The molecule has 0 radical (unpaired) electrons. The fraction of sp³-hybridized carbons (Fsp3) is 0.429. The van der Waals surface area contributed by atoms with E-state index >= 15 is 0 Å². The molecule has 0 aliphatic carbocycles. The van der Waals surface area contributed by atoms with Crippen LogP contribution in [0.1, 0.15) is 15.7 Å². The lowest BCUT2D eigenvalue weighted by molar-refractivity contribution is -0.135. The van der Waals surface area contributed by atoms with Gasteiger partial charge in [0.1, 0.15) is 5.75 Å². The first-order valence-corrected chi connectivity index (χ1v) is 11.7. The van der Waals surface area contributed by atoms with Gasteiger partial charge in [0.2, 0.25) is 0 Å². The van der Waals surface area contributed by atoms with E-state index in [1.165, 1.54) is 22.6 Å².